The van der Waals surface area contributed by atoms with E-state index in [0.29, 0.717) is 0 Å². The van der Waals surface area contributed by atoms with Crippen LogP contribution in [-0.2, 0) is 4.79 Å². The van der Waals surface area contributed by atoms with Gasteiger partial charge in [-0.1, -0.05) is 26.7 Å². The molecule has 0 heterocycles. The van der Waals surface area contributed by atoms with Crippen molar-refractivity contribution in [1.82, 2.24) is 0 Å². The molecule has 67 valence electrons. The third kappa shape index (κ3) is 7.42. The fourth-order valence-electron chi connectivity index (χ4n) is 0.953. The largest absolute Gasteiger partial charge is 0.481 e. The first-order valence-electron chi connectivity index (χ1n) is 3.95. The summed E-state index contributed by atoms with van der Waals surface area (Å²) in [5.41, 5.74) is 0. The van der Waals surface area contributed by atoms with E-state index < -0.39 is 5.97 Å². The molecule has 0 aliphatic rings. The molecule has 1 unspecified atom stereocenters. The smallest absolute Gasteiger partial charge is 0.306 e. The van der Waals surface area contributed by atoms with Crippen LogP contribution in [0.1, 0.15) is 39.5 Å². The number of unbranched alkanes of at least 4 members (excludes halogenated alkanes) is 1. The molecule has 0 fully saturated rings. The zero-order valence-corrected chi connectivity index (χ0v) is 9.56. The van der Waals surface area contributed by atoms with Gasteiger partial charge in [0.25, 0.3) is 0 Å². The SMILES string of the molecule is CCCCC(CC)C(=O)O.[Eu]. The molecule has 0 aliphatic heterocycles. The quantitative estimate of drug-likeness (QED) is 0.845. The first-order chi connectivity index (χ1) is 4.72. The van der Waals surface area contributed by atoms with Crippen molar-refractivity contribution < 1.29 is 59.3 Å². The normalized spacial score (nSPS) is 11.8. The summed E-state index contributed by atoms with van der Waals surface area (Å²) in [6.07, 6.45) is 3.71. The average Bonchev–Trinajstić information content (AvgIpc) is 1.89. The topological polar surface area (TPSA) is 37.3 Å². The van der Waals surface area contributed by atoms with Crippen molar-refractivity contribution in [3.8, 4) is 0 Å². The Labute approximate surface area is 109 Å². The Morgan fingerprint density at radius 2 is 2.00 bits per heavy atom. The Morgan fingerprint density at radius 1 is 1.45 bits per heavy atom. The maximum atomic E-state index is 10.4. The van der Waals surface area contributed by atoms with Gasteiger partial charge in [-0.2, -0.15) is 0 Å². The molecular formula is C8H16EuO2. The van der Waals surface area contributed by atoms with E-state index in [9.17, 15) is 4.79 Å². The van der Waals surface area contributed by atoms with Gasteiger partial charge in [-0.05, 0) is 12.8 Å². The molecule has 0 amide bonds. The van der Waals surface area contributed by atoms with Crippen molar-refractivity contribution in [3.05, 3.63) is 0 Å². The Balaban J connectivity index is 0. The molecule has 0 aromatic rings. The average molecular weight is 296 g/mol. The number of carboxylic acid groups (broad SMARTS) is 1. The van der Waals surface area contributed by atoms with Crippen LogP contribution in [-0.4, -0.2) is 11.1 Å². The predicted molar refractivity (Wildman–Crippen MR) is 40.9 cm³/mol. The molecule has 1 N–H and O–H groups in total. The zero-order chi connectivity index (χ0) is 7.98. The van der Waals surface area contributed by atoms with Crippen LogP contribution in [0.3, 0.4) is 0 Å². The van der Waals surface area contributed by atoms with Crippen molar-refractivity contribution in [2.75, 3.05) is 0 Å². The molecular weight excluding hydrogens is 280 g/mol. The molecule has 0 rings (SSSR count). The summed E-state index contributed by atoms with van der Waals surface area (Å²) in [7, 11) is 0. The molecule has 0 bridgehead atoms. The van der Waals surface area contributed by atoms with E-state index >= 15 is 0 Å². The number of carboxylic acids is 1. The van der Waals surface area contributed by atoms with Gasteiger partial charge in [-0.15, -0.1) is 0 Å². The van der Waals surface area contributed by atoms with Gasteiger partial charge in [0.05, 0.1) is 5.92 Å². The minimum absolute atomic E-state index is 0. The van der Waals surface area contributed by atoms with Crippen LogP contribution in [0.5, 0.6) is 0 Å². The molecule has 0 aromatic heterocycles. The molecule has 1 radical (unpaired) electrons. The fourth-order valence-corrected chi connectivity index (χ4v) is 0.953. The van der Waals surface area contributed by atoms with Crippen LogP contribution in [0, 0.1) is 55.3 Å². The van der Waals surface area contributed by atoms with E-state index in [0.717, 1.165) is 25.7 Å². The summed E-state index contributed by atoms with van der Waals surface area (Å²) >= 11 is 0. The van der Waals surface area contributed by atoms with Gasteiger partial charge in [0, 0.05) is 49.4 Å². The van der Waals surface area contributed by atoms with Gasteiger partial charge in [0.15, 0.2) is 0 Å². The number of rotatable bonds is 5. The van der Waals surface area contributed by atoms with E-state index in [2.05, 4.69) is 6.92 Å². The summed E-state index contributed by atoms with van der Waals surface area (Å²) < 4.78 is 0. The van der Waals surface area contributed by atoms with Crippen molar-refractivity contribution in [3.63, 3.8) is 0 Å². The van der Waals surface area contributed by atoms with Crippen LogP contribution >= 0.6 is 0 Å². The van der Waals surface area contributed by atoms with Crippen LogP contribution in [0.2, 0.25) is 0 Å². The Morgan fingerprint density at radius 3 is 2.27 bits per heavy atom. The van der Waals surface area contributed by atoms with Gasteiger partial charge < -0.3 is 5.11 Å². The second-order valence-corrected chi connectivity index (χ2v) is 2.59. The first-order valence-corrected chi connectivity index (χ1v) is 3.95. The minimum atomic E-state index is -0.643. The van der Waals surface area contributed by atoms with E-state index in [1.165, 1.54) is 0 Å². The predicted octanol–water partition coefficient (Wildman–Crippen LogP) is 2.29. The monoisotopic (exact) mass is 297 g/mol. The fraction of sp³-hybridized carbons (Fsp3) is 0.875. The molecule has 0 aromatic carbocycles. The van der Waals surface area contributed by atoms with Crippen LogP contribution < -0.4 is 0 Å². The third-order valence-electron chi connectivity index (χ3n) is 1.75. The second-order valence-electron chi connectivity index (χ2n) is 2.59. The number of hydrogen-bond acceptors (Lipinski definition) is 1. The van der Waals surface area contributed by atoms with Gasteiger partial charge in [0.2, 0.25) is 0 Å². The second kappa shape index (κ2) is 9.14. The van der Waals surface area contributed by atoms with Crippen molar-refractivity contribution in [2.45, 2.75) is 39.5 Å². The molecule has 1 atom stereocenters. The summed E-state index contributed by atoms with van der Waals surface area (Å²) in [5, 5.41) is 8.60. The van der Waals surface area contributed by atoms with Crippen LogP contribution in [0.4, 0.5) is 0 Å². The number of carbonyl (C=O) groups is 1. The summed E-state index contributed by atoms with van der Waals surface area (Å²) in [6, 6.07) is 0. The molecule has 0 saturated carbocycles. The standard InChI is InChI=1S/C8H16O2.Eu/c1-3-5-6-7(4-2)8(9)10;/h7H,3-6H2,1-2H3,(H,9,10);. The Bertz CT molecular complexity index is 104. The third-order valence-corrected chi connectivity index (χ3v) is 1.75. The number of hydrogen-bond donors (Lipinski definition) is 1. The van der Waals surface area contributed by atoms with Crippen molar-refractivity contribution >= 4 is 5.97 Å². The van der Waals surface area contributed by atoms with Crippen molar-refractivity contribution in [2.24, 2.45) is 5.92 Å². The maximum absolute atomic E-state index is 10.4. The summed E-state index contributed by atoms with van der Waals surface area (Å²) in [5.74, 6) is -0.754. The number of aliphatic carboxylic acids is 1. The van der Waals surface area contributed by atoms with E-state index in [1.54, 1.807) is 0 Å². The van der Waals surface area contributed by atoms with E-state index in [-0.39, 0.29) is 55.3 Å². The van der Waals surface area contributed by atoms with Gasteiger partial charge in [-0.25, -0.2) is 0 Å². The Hall–Kier alpha value is 1.05. The molecule has 0 spiro atoms. The maximum Gasteiger partial charge on any atom is 0.306 e. The van der Waals surface area contributed by atoms with Crippen LogP contribution in [0.15, 0.2) is 0 Å². The molecule has 0 aliphatic carbocycles. The summed E-state index contributed by atoms with van der Waals surface area (Å²) in [6.45, 7) is 4.00. The van der Waals surface area contributed by atoms with E-state index in [1.807, 2.05) is 6.92 Å². The molecule has 2 nitrogen and oxygen atoms in total. The van der Waals surface area contributed by atoms with E-state index in [4.69, 9.17) is 5.11 Å². The zero-order valence-electron chi connectivity index (χ0n) is 7.14. The molecule has 3 heteroatoms. The first kappa shape index (κ1) is 14.6. The van der Waals surface area contributed by atoms with Crippen LogP contribution in [0.25, 0.3) is 0 Å². The van der Waals surface area contributed by atoms with Gasteiger partial charge >= 0.3 is 5.97 Å². The Kier molecular flexibility index (Phi) is 12.1. The van der Waals surface area contributed by atoms with Crippen molar-refractivity contribution in [1.29, 1.82) is 0 Å². The molecule has 0 saturated heterocycles. The summed E-state index contributed by atoms with van der Waals surface area (Å²) in [4.78, 5) is 10.4. The van der Waals surface area contributed by atoms with Gasteiger partial charge in [0.1, 0.15) is 0 Å². The van der Waals surface area contributed by atoms with Gasteiger partial charge in [-0.3, -0.25) is 4.79 Å². The minimum Gasteiger partial charge on any atom is -0.481 e. The molecule has 11 heavy (non-hydrogen) atoms.